The highest BCUT2D eigenvalue weighted by atomic mass is 79.9. The van der Waals surface area contributed by atoms with Crippen LogP contribution in [0.3, 0.4) is 0 Å². The average molecular weight is 384 g/mol. The zero-order chi connectivity index (χ0) is 14.9. The topological polar surface area (TPSA) is 72.9 Å². The Kier molecular flexibility index (Phi) is 4.85. The normalized spacial score (nSPS) is 20.9. The molecule has 1 aliphatic rings. The number of rotatable bonds is 3. The minimum atomic E-state index is -3.74. The van der Waals surface area contributed by atoms with Gasteiger partial charge in [-0.15, -0.1) is 11.3 Å². The van der Waals surface area contributed by atoms with Crippen molar-refractivity contribution in [3.8, 4) is 0 Å². The Morgan fingerprint density at radius 2 is 2.30 bits per heavy atom. The molecule has 0 spiro atoms. The van der Waals surface area contributed by atoms with Gasteiger partial charge in [-0.25, -0.2) is 8.42 Å². The van der Waals surface area contributed by atoms with Gasteiger partial charge in [0.05, 0.1) is 29.0 Å². The van der Waals surface area contributed by atoms with Crippen LogP contribution in [0.5, 0.6) is 0 Å². The SMILES string of the molecule is COC(=O)C1COCCN1S(=O)(=O)c1cc(Br)sc1C. The van der Waals surface area contributed by atoms with Crippen LogP contribution in [0.25, 0.3) is 0 Å². The van der Waals surface area contributed by atoms with Crippen molar-refractivity contribution in [1.82, 2.24) is 4.31 Å². The van der Waals surface area contributed by atoms with Crippen LogP contribution in [-0.4, -0.2) is 51.6 Å². The van der Waals surface area contributed by atoms with Gasteiger partial charge in [0.1, 0.15) is 6.04 Å². The maximum Gasteiger partial charge on any atom is 0.326 e. The van der Waals surface area contributed by atoms with Crippen LogP contribution in [0.4, 0.5) is 0 Å². The zero-order valence-corrected chi connectivity index (χ0v) is 14.2. The third-order valence-corrected chi connectivity index (χ3v) is 6.70. The van der Waals surface area contributed by atoms with E-state index in [1.165, 1.54) is 18.4 Å². The molecule has 0 aliphatic carbocycles. The lowest BCUT2D eigenvalue weighted by atomic mass is 10.3. The predicted octanol–water partition coefficient (Wildman–Crippen LogP) is 1.38. The molecule has 0 bridgehead atoms. The summed E-state index contributed by atoms with van der Waals surface area (Å²) < 4.78 is 37.1. The Hall–Kier alpha value is -0.480. The molecule has 112 valence electrons. The van der Waals surface area contributed by atoms with Crippen molar-refractivity contribution in [3.05, 3.63) is 14.7 Å². The summed E-state index contributed by atoms with van der Waals surface area (Å²) in [4.78, 5) is 12.6. The predicted molar refractivity (Wildman–Crippen MR) is 77.3 cm³/mol. The van der Waals surface area contributed by atoms with Gasteiger partial charge in [-0.2, -0.15) is 4.31 Å². The molecule has 1 atom stereocenters. The monoisotopic (exact) mass is 383 g/mol. The number of aryl methyl sites for hydroxylation is 1. The fourth-order valence-electron chi connectivity index (χ4n) is 2.01. The highest BCUT2D eigenvalue weighted by Crippen LogP contribution is 2.32. The quantitative estimate of drug-likeness (QED) is 0.737. The fraction of sp³-hybridized carbons (Fsp3) is 0.545. The Morgan fingerprint density at radius 1 is 1.60 bits per heavy atom. The molecule has 9 heteroatoms. The van der Waals surface area contributed by atoms with E-state index in [1.54, 1.807) is 13.0 Å². The van der Waals surface area contributed by atoms with Gasteiger partial charge in [0.25, 0.3) is 0 Å². The molecule has 0 aromatic carbocycles. The number of halogens is 1. The molecule has 0 radical (unpaired) electrons. The highest BCUT2D eigenvalue weighted by Gasteiger charge is 2.40. The zero-order valence-electron chi connectivity index (χ0n) is 11.0. The van der Waals surface area contributed by atoms with Crippen molar-refractivity contribution in [1.29, 1.82) is 0 Å². The van der Waals surface area contributed by atoms with Crippen molar-refractivity contribution in [2.24, 2.45) is 0 Å². The second kappa shape index (κ2) is 6.10. The van der Waals surface area contributed by atoms with E-state index in [0.29, 0.717) is 4.88 Å². The summed E-state index contributed by atoms with van der Waals surface area (Å²) in [5, 5.41) is 0. The van der Waals surface area contributed by atoms with Crippen molar-refractivity contribution in [3.63, 3.8) is 0 Å². The number of esters is 1. The number of nitrogens with zero attached hydrogens (tertiary/aromatic N) is 1. The second-order valence-electron chi connectivity index (χ2n) is 4.20. The van der Waals surface area contributed by atoms with Gasteiger partial charge >= 0.3 is 5.97 Å². The molecular weight excluding hydrogens is 370 g/mol. The van der Waals surface area contributed by atoms with Crippen LogP contribution in [0, 0.1) is 6.92 Å². The minimum Gasteiger partial charge on any atom is -0.468 e. The first-order chi connectivity index (χ1) is 9.37. The van der Waals surface area contributed by atoms with Gasteiger partial charge in [0, 0.05) is 11.4 Å². The Labute approximate surface area is 129 Å². The van der Waals surface area contributed by atoms with Gasteiger partial charge in [0.15, 0.2) is 0 Å². The first-order valence-corrected chi connectivity index (χ1v) is 8.86. The average Bonchev–Trinajstić information content (AvgIpc) is 2.77. The molecule has 6 nitrogen and oxygen atoms in total. The number of carbonyl (C=O) groups excluding carboxylic acids is 1. The van der Waals surface area contributed by atoms with Crippen LogP contribution >= 0.6 is 27.3 Å². The maximum absolute atomic E-state index is 12.7. The van der Waals surface area contributed by atoms with E-state index in [0.717, 1.165) is 8.09 Å². The summed E-state index contributed by atoms with van der Waals surface area (Å²) in [7, 11) is -2.51. The summed E-state index contributed by atoms with van der Waals surface area (Å²) in [6, 6.07) is 0.621. The third kappa shape index (κ3) is 2.91. The van der Waals surface area contributed by atoms with Gasteiger partial charge in [0.2, 0.25) is 10.0 Å². The van der Waals surface area contributed by atoms with E-state index in [-0.39, 0.29) is 24.7 Å². The smallest absolute Gasteiger partial charge is 0.326 e. The molecule has 0 N–H and O–H groups in total. The van der Waals surface area contributed by atoms with E-state index in [9.17, 15) is 13.2 Å². The number of hydrogen-bond acceptors (Lipinski definition) is 6. The van der Waals surface area contributed by atoms with Crippen molar-refractivity contribution >= 4 is 43.3 Å². The molecule has 1 unspecified atom stereocenters. The van der Waals surface area contributed by atoms with Crippen LogP contribution < -0.4 is 0 Å². The van der Waals surface area contributed by atoms with E-state index in [2.05, 4.69) is 20.7 Å². The van der Waals surface area contributed by atoms with Crippen LogP contribution in [0.2, 0.25) is 0 Å². The first-order valence-electron chi connectivity index (χ1n) is 5.81. The van der Waals surface area contributed by atoms with E-state index in [1.807, 2.05) is 0 Å². The number of methoxy groups -OCH3 is 1. The van der Waals surface area contributed by atoms with E-state index >= 15 is 0 Å². The summed E-state index contributed by atoms with van der Waals surface area (Å²) in [6.07, 6.45) is 0. The van der Waals surface area contributed by atoms with Crippen LogP contribution in [-0.2, 0) is 24.3 Å². The van der Waals surface area contributed by atoms with Crippen LogP contribution in [0.15, 0.2) is 14.7 Å². The summed E-state index contributed by atoms with van der Waals surface area (Å²) in [6.45, 7) is 2.14. The van der Waals surface area contributed by atoms with Gasteiger partial charge in [-0.3, -0.25) is 4.79 Å². The molecule has 2 rings (SSSR count). The Morgan fingerprint density at radius 3 is 2.85 bits per heavy atom. The lowest BCUT2D eigenvalue weighted by Crippen LogP contribution is -2.52. The van der Waals surface area contributed by atoms with Gasteiger partial charge in [-0.1, -0.05) is 0 Å². The summed E-state index contributed by atoms with van der Waals surface area (Å²) in [5.74, 6) is -0.611. The lowest BCUT2D eigenvalue weighted by Gasteiger charge is -2.32. The Balaban J connectivity index is 2.40. The number of morpholine rings is 1. The minimum absolute atomic E-state index is 0.0102. The number of ether oxygens (including phenoxy) is 2. The molecule has 1 aromatic rings. The van der Waals surface area contributed by atoms with E-state index in [4.69, 9.17) is 4.74 Å². The lowest BCUT2D eigenvalue weighted by molar-refractivity contribution is -0.149. The molecule has 1 fully saturated rings. The molecule has 1 aliphatic heterocycles. The molecule has 1 saturated heterocycles. The molecule has 0 amide bonds. The number of sulfonamides is 1. The Bertz CT molecular complexity index is 612. The van der Waals surface area contributed by atoms with Crippen LogP contribution in [0.1, 0.15) is 4.88 Å². The van der Waals surface area contributed by atoms with E-state index < -0.39 is 22.0 Å². The number of hydrogen-bond donors (Lipinski definition) is 0. The highest BCUT2D eigenvalue weighted by molar-refractivity contribution is 9.11. The molecule has 20 heavy (non-hydrogen) atoms. The van der Waals surface area contributed by atoms with Crippen molar-refractivity contribution in [2.45, 2.75) is 17.9 Å². The summed E-state index contributed by atoms with van der Waals surface area (Å²) in [5.41, 5.74) is 0. The molecule has 0 saturated carbocycles. The number of thiophene rings is 1. The molecule has 2 heterocycles. The largest absolute Gasteiger partial charge is 0.468 e. The second-order valence-corrected chi connectivity index (χ2v) is 8.70. The maximum atomic E-state index is 12.7. The first kappa shape index (κ1) is 15.9. The van der Waals surface area contributed by atoms with Crippen molar-refractivity contribution in [2.75, 3.05) is 26.9 Å². The molecule has 1 aromatic heterocycles. The summed E-state index contributed by atoms with van der Waals surface area (Å²) >= 11 is 4.62. The third-order valence-electron chi connectivity index (χ3n) is 2.98. The molecular formula is C11H14BrNO5S2. The van der Waals surface area contributed by atoms with Gasteiger partial charge < -0.3 is 9.47 Å². The van der Waals surface area contributed by atoms with Gasteiger partial charge in [-0.05, 0) is 28.9 Å². The fourth-order valence-corrected chi connectivity index (χ4v) is 5.94. The standard InChI is InChI=1S/C11H14BrNO5S2/c1-7-9(5-10(12)19-7)20(15,16)13-3-4-18-6-8(13)11(14)17-2/h5,8H,3-4,6H2,1-2H3. The number of carbonyl (C=O) groups is 1. The van der Waals surface area contributed by atoms with Crippen molar-refractivity contribution < 1.29 is 22.7 Å².